The number of halogens is 3. The largest absolute Gasteiger partial charge is 0.522 e. The number of ether oxygens (including phenoxy) is 1. The van der Waals surface area contributed by atoms with E-state index in [0.29, 0.717) is 0 Å². The number of aromatic nitrogens is 1. The van der Waals surface area contributed by atoms with Crippen LogP contribution in [0.15, 0.2) is 30.5 Å². The van der Waals surface area contributed by atoms with Gasteiger partial charge in [-0.1, -0.05) is 19.1 Å². The number of nitrogens with zero attached hydrogens (tertiary/aromatic N) is 1. The Hall–Kier alpha value is -1.53. The van der Waals surface area contributed by atoms with Gasteiger partial charge in [-0.05, 0) is 35.9 Å². The van der Waals surface area contributed by atoms with E-state index >= 15 is 0 Å². The minimum absolute atomic E-state index is 0.0967. The normalized spacial score (nSPS) is 13.8. The lowest BCUT2D eigenvalue weighted by atomic mass is 10.0. The van der Waals surface area contributed by atoms with E-state index in [-0.39, 0.29) is 12.6 Å². The van der Waals surface area contributed by atoms with Crippen molar-refractivity contribution in [1.29, 1.82) is 0 Å². The quantitative estimate of drug-likeness (QED) is 0.887. The Morgan fingerprint density at radius 3 is 2.71 bits per heavy atom. The van der Waals surface area contributed by atoms with Crippen LogP contribution in [0.1, 0.15) is 18.9 Å². The minimum Gasteiger partial charge on any atom is -0.345 e. The van der Waals surface area contributed by atoms with Crippen molar-refractivity contribution >= 4 is 10.9 Å². The fourth-order valence-corrected chi connectivity index (χ4v) is 2.26. The molecule has 2 N–H and O–H groups in total. The Kier molecular flexibility index (Phi) is 4.90. The number of benzene rings is 1. The number of fused-ring (bicyclic) bond motifs is 1. The van der Waals surface area contributed by atoms with Gasteiger partial charge in [-0.3, -0.25) is 4.74 Å². The number of rotatable bonds is 6. The Balaban J connectivity index is 2.11. The smallest absolute Gasteiger partial charge is 0.345 e. The Morgan fingerprint density at radius 2 is 2.05 bits per heavy atom. The van der Waals surface area contributed by atoms with Gasteiger partial charge in [-0.2, -0.15) is 0 Å². The molecule has 2 aromatic rings. The minimum atomic E-state index is -4.58. The van der Waals surface area contributed by atoms with E-state index < -0.39 is 13.0 Å². The second kappa shape index (κ2) is 6.49. The zero-order valence-corrected chi connectivity index (χ0v) is 11.9. The van der Waals surface area contributed by atoms with Crippen LogP contribution in [0.25, 0.3) is 10.9 Å². The molecule has 116 valence electrons. The second-order valence-corrected chi connectivity index (χ2v) is 5.07. The summed E-state index contributed by atoms with van der Waals surface area (Å²) < 4.78 is 41.6. The van der Waals surface area contributed by atoms with Crippen molar-refractivity contribution in [3.05, 3.63) is 36.0 Å². The molecule has 1 heterocycles. The maximum Gasteiger partial charge on any atom is 0.522 e. The van der Waals surface area contributed by atoms with Crippen LogP contribution in [-0.2, 0) is 17.7 Å². The molecule has 0 saturated heterocycles. The molecule has 0 spiro atoms. The predicted molar refractivity (Wildman–Crippen MR) is 75.9 cm³/mol. The van der Waals surface area contributed by atoms with E-state index in [4.69, 9.17) is 5.73 Å². The van der Waals surface area contributed by atoms with Crippen LogP contribution in [0.2, 0.25) is 0 Å². The summed E-state index contributed by atoms with van der Waals surface area (Å²) in [5.74, 6) is 0. The molecule has 0 fully saturated rings. The Morgan fingerprint density at radius 1 is 1.29 bits per heavy atom. The highest BCUT2D eigenvalue weighted by Gasteiger charge is 2.28. The summed E-state index contributed by atoms with van der Waals surface area (Å²) in [6.45, 7) is 1.79. The Labute approximate surface area is 121 Å². The van der Waals surface area contributed by atoms with Crippen LogP contribution in [0.4, 0.5) is 13.2 Å². The maximum atomic E-state index is 12.0. The first-order chi connectivity index (χ1) is 9.89. The van der Waals surface area contributed by atoms with Crippen LogP contribution < -0.4 is 5.73 Å². The zero-order valence-electron chi connectivity index (χ0n) is 11.9. The molecular weight excluding hydrogens is 281 g/mol. The molecule has 0 radical (unpaired) electrons. The van der Waals surface area contributed by atoms with Gasteiger partial charge in [0.05, 0.1) is 6.61 Å². The predicted octanol–water partition coefficient (Wildman–Crippen LogP) is 3.46. The van der Waals surface area contributed by atoms with Gasteiger partial charge in [-0.25, -0.2) is 0 Å². The molecule has 1 atom stereocenters. The summed E-state index contributed by atoms with van der Waals surface area (Å²) >= 11 is 0. The second-order valence-electron chi connectivity index (χ2n) is 5.07. The lowest BCUT2D eigenvalue weighted by Crippen LogP contribution is -2.21. The van der Waals surface area contributed by atoms with Gasteiger partial charge in [0.2, 0.25) is 0 Å². The molecule has 2 rings (SSSR count). The fourth-order valence-electron chi connectivity index (χ4n) is 2.26. The van der Waals surface area contributed by atoms with Crippen molar-refractivity contribution in [2.24, 2.45) is 5.73 Å². The lowest BCUT2D eigenvalue weighted by molar-refractivity contribution is -0.325. The molecule has 0 bridgehead atoms. The summed E-state index contributed by atoms with van der Waals surface area (Å²) in [6.07, 6.45) is -1.16. The topological polar surface area (TPSA) is 40.2 Å². The van der Waals surface area contributed by atoms with E-state index in [9.17, 15) is 13.2 Å². The monoisotopic (exact) mass is 300 g/mol. The van der Waals surface area contributed by atoms with Gasteiger partial charge >= 0.3 is 6.36 Å². The number of nitrogens with two attached hydrogens (primary N) is 1. The van der Waals surface area contributed by atoms with Gasteiger partial charge in [-0.15, -0.1) is 13.2 Å². The van der Waals surface area contributed by atoms with Crippen LogP contribution in [0, 0.1) is 0 Å². The third kappa shape index (κ3) is 4.47. The van der Waals surface area contributed by atoms with Crippen LogP contribution >= 0.6 is 0 Å². The molecule has 0 aliphatic heterocycles. The summed E-state index contributed by atoms with van der Waals surface area (Å²) in [4.78, 5) is 0. The van der Waals surface area contributed by atoms with Crippen molar-refractivity contribution in [3.63, 3.8) is 0 Å². The average molecular weight is 300 g/mol. The third-order valence-corrected chi connectivity index (χ3v) is 3.46. The molecule has 0 saturated carbocycles. The third-order valence-electron chi connectivity index (χ3n) is 3.46. The molecular formula is C15H19F3N2O. The molecule has 0 aliphatic rings. The molecule has 3 nitrogen and oxygen atoms in total. The summed E-state index contributed by atoms with van der Waals surface area (Å²) in [5, 5.41) is 0.996. The van der Waals surface area contributed by atoms with Gasteiger partial charge in [0, 0.05) is 24.3 Å². The Bertz CT molecular complexity index is 592. The van der Waals surface area contributed by atoms with E-state index in [1.54, 1.807) is 10.8 Å². The van der Waals surface area contributed by atoms with Crippen LogP contribution in [-0.4, -0.2) is 23.6 Å². The number of hydrogen-bond acceptors (Lipinski definition) is 2. The van der Waals surface area contributed by atoms with Gasteiger partial charge < -0.3 is 10.3 Å². The van der Waals surface area contributed by atoms with E-state index in [0.717, 1.165) is 29.3 Å². The van der Waals surface area contributed by atoms with Gasteiger partial charge in [0.25, 0.3) is 0 Å². The first-order valence-electron chi connectivity index (χ1n) is 6.93. The molecule has 1 unspecified atom stereocenters. The average Bonchev–Trinajstić information content (AvgIpc) is 2.80. The SMILES string of the molecule is CCC(N)Cc1ccc2ccn(CCOC(F)(F)F)c2c1. The van der Waals surface area contributed by atoms with Gasteiger partial charge in [0.1, 0.15) is 0 Å². The lowest BCUT2D eigenvalue weighted by Gasteiger charge is -2.11. The summed E-state index contributed by atoms with van der Waals surface area (Å²) in [6, 6.07) is 7.94. The van der Waals surface area contributed by atoms with Crippen molar-refractivity contribution in [2.45, 2.75) is 38.7 Å². The fraction of sp³-hybridized carbons (Fsp3) is 0.467. The van der Waals surface area contributed by atoms with E-state index in [2.05, 4.69) is 4.74 Å². The molecule has 1 aromatic heterocycles. The molecule has 1 aromatic carbocycles. The van der Waals surface area contributed by atoms with E-state index in [1.165, 1.54) is 0 Å². The van der Waals surface area contributed by atoms with Crippen LogP contribution in [0.3, 0.4) is 0 Å². The highest BCUT2D eigenvalue weighted by molar-refractivity contribution is 5.80. The van der Waals surface area contributed by atoms with Crippen molar-refractivity contribution < 1.29 is 17.9 Å². The number of hydrogen-bond donors (Lipinski definition) is 1. The van der Waals surface area contributed by atoms with Crippen molar-refractivity contribution in [2.75, 3.05) is 6.61 Å². The molecule has 21 heavy (non-hydrogen) atoms. The highest BCUT2D eigenvalue weighted by atomic mass is 19.4. The van der Waals surface area contributed by atoms with Gasteiger partial charge in [0.15, 0.2) is 0 Å². The molecule has 0 aliphatic carbocycles. The van der Waals surface area contributed by atoms with E-state index in [1.807, 2.05) is 31.2 Å². The first-order valence-corrected chi connectivity index (χ1v) is 6.93. The zero-order chi connectivity index (χ0) is 15.5. The summed E-state index contributed by atoms with van der Waals surface area (Å²) in [7, 11) is 0. The highest BCUT2D eigenvalue weighted by Crippen LogP contribution is 2.20. The first kappa shape index (κ1) is 15.9. The molecule has 0 amide bonds. The summed E-state index contributed by atoms with van der Waals surface area (Å²) in [5.41, 5.74) is 7.93. The number of alkyl halides is 3. The maximum absolute atomic E-state index is 12.0. The molecule has 6 heteroatoms. The van der Waals surface area contributed by atoms with Crippen molar-refractivity contribution in [1.82, 2.24) is 4.57 Å². The van der Waals surface area contributed by atoms with Crippen molar-refractivity contribution in [3.8, 4) is 0 Å². The van der Waals surface area contributed by atoms with Crippen LogP contribution in [0.5, 0.6) is 0 Å². The standard InChI is InChI=1S/C15H19F3N2O/c1-2-13(19)9-11-3-4-12-5-6-20(14(12)10-11)7-8-21-15(16,17)18/h3-6,10,13H,2,7-9,19H2,1H3.